The molecule has 6 aliphatic carbocycles. The molecule has 174 valence electrons. The van der Waals surface area contributed by atoms with Gasteiger partial charge in [0.1, 0.15) is 0 Å². The van der Waals surface area contributed by atoms with Gasteiger partial charge in [0.25, 0.3) is 0 Å². The summed E-state index contributed by atoms with van der Waals surface area (Å²) in [6.07, 6.45) is 2.63. The number of rotatable bonds is 2. The van der Waals surface area contributed by atoms with Crippen LogP contribution >= 0.6 is 0 Å². The van der Waals surface area contributed by atoms with Crippen molar-refractivity contribution in [3.63, 3.8) is 0 Å². The molecule has 3 nitrogen and oxygen atoms in total. The molecule has 3 heteroatoms. The minimum atomic E-state index is 0.402. The largest absolute Gasteiger partial charge is 0.251 e. The Morgan fingerprint density at radius 3 is 1.41 bits per heavy atom. The minimum Gasteiger partial charge on any atom is -0.251 e. The van der Waals surface area contributed by atoms with E-state index < -0.39 is 0 Å². The van der Waals surface area contributed by atoms with E-state index in [2.05, 4.69) is 84.0 Å². The minimum absolute atomic E-state index is 0.402. The van der Waals surface area contributed by atoms with Crippen molar-refractivity contribution in [2.24, 2.45) is 22.7 Å². The summed E-state index contributed by atoms with van der Waals surface area (Å²) in [6.45, 7) is 14.5. The molecule has 0 aliphatic heterocycles. The maximum Gasteiger partial charge on any atom is 0.0894 e. The quantitative estimate of drug-likeness (QED) is 0.402. The van der Waals surface area contributed by atoms with Crippen LogP contribution in [0.1, 0.15) is 101 Å². The topological polar surface area (TPSA) is 38.7 Å². The number of aromatic nitrogens is 3. The molecule has 6 atom stereocenters. The molecule has 0 aromatic carbocycles. The zero-order chi connectivity index (χ0) is 23.6. The van der Waals surface area contributed by atoms with Crippen molar-refractivity contribution in [1.82, 2.24) is 15.0 Å². The van der Waals surface area contributed by atoms with Gasteiger partial charge in [-0.25, -0.2) is 4.98 Å². The van der Waals surface area contributed by atoms with Crippen LogP contribution < -0.4 is 0 Å². The summed E-state index contributed by atoms with van der Waals surface area (Å²) in [5.41, 5.74) is 10.2. The van der Waals surface area contributed by atoms with Crippen molar-refractivity contribution >= 4 is 0 Å². The smallest absolute Gasteiger partial charge is 0.0894 e. The highest BCUT2D eigenvalue weighted by Crippen LogP contribution is 2.67. The van der Waals surface area contributed by atoms with Gasteiger partial charge in [-0.05, 0) is 82.7 Å². The second-order valence-corrected chi connectivity index (χ2v) is 12.8. The normalized spacial score (nSPS) is 33.2. The molecule has 4 bridgehead atoms. The Hall–Kier alpha value is -2.55. The van der Waals surface area contributed by atoms with Crippen molar-refractivity contribution in [2.45, 2.75) is 78.1 Å². The van der Waals surface area contributed by atoms with Crippen LogP contribution in [0.2, 0.25) is 0 Å². The van der Waals surface area contributed by atoms with Crippen LogP contribution in [0.15, 0.2) is 42.5 Å². The number of hydrogen-bond acceptors (Lipinski definition) is 3. The Kier molecular flexibility index (Phi) is 4.01. The van der Waals surface area contributed by atoms with Crippen molar-refractivity contribution in [3.05, 3.63) is 65.0 Å². The summed E-state index contributed by atoms with van der Waals surface area (Å²) in [6, 6.07) is 15.3. The zero-order valence-corrected chi connectivity index (χ0v) is 21.3. The first-order valence-corrected chi connectivity index (χ1v) is 13.2. The first-order valence-electron chi connectivity index (χ1n) is 13.2. The van der Waals surface area contributed by atoms with Crippen LogP contribution in [0, 0.1) is 22.7 Å². The summed E-state index contributed by atoms with van der Waals surface area (Å²) in [4.78, 5) is 15.4. The van der Waals surface area contributed by atoms with Gasteiger partial charge in [-0.2, -0.15) is 0 Å². The fourth-order valence-corrected chi connectivity index (χ4v) is 8.35. The maximum absolute atomic E-state index is 5.18. The van der Waals surface area contributed by atoms with E-state index in [9.17, 15) is 0 Å². The van der Waals surface area contributed by atoms with E-state index in [4.69, 9.17) is 15.0 Å². The fourth-order valence-electron chi connectivity index (χ4n) is 8.35. The van der Waals surface area contributed by atoms with E-state index in [0.717, 1.165) is 34.6 Å². The molecule has 0 unspecified atom stereocenters. The van der Waals surface area contributed by atoms with Crippen LogP contribution in [0.25, 0.3) is 22.8 Å². The molecule has 0 saturated heterocycles. The molecule has 0 amide bonds. The summed E-state index contributed by atoms with van der Waals surface area (Å²) in [5, 5.41) is 0. The number of nitrogens with zero attached hydrogens (tertiary/aromatic N) is 3. The standard InChI is InChI=1S/C31H35N3/c1-16-20-14-22(30(20,3)4)18-10-12-26(33-28(16)18)24-8-7-9-25(32-24)27-13-11-19-23-15-21(31(23,5)6)17(2)29(19)34-27/h7-13,16-17,20-23H,14-15H2,1-6H3/t16-,17-,20+,21+,22-,23-/m1/s1. The van der Waals surface area contributed by atoms with Gasteiger partial charge in [0.05, 0.1) is 22.8 Å². The van der Waals surface area contributed by atoms with Crippen molar-refractivity contribution < 1.29 is 0 Å². The highest BCUT2D eigenvalue weighted by molar-refractivity contribution is 5.63. The van der Waals surface area contributed by atoms with E-state index in [0.29, 0.717) is 34.5 Å². The summed E-state index contributed by atoms with van der Waals surface area (Å²) >= 11 is 0. The molecule has 34 heavy (non-hydrogen) atoms. The van der Waals surface area contributed by atoms with E-state index in [1.165, 1.54) is 35.4 Å². The third kappa shape index (κ3) is 2.51. The van der Waals surface area contributed by atoms with Gasteiger partial charge in [0.15, 0.2) is 0 Å². The molecular weight excluding hydrogens is 414 g/mol. The molecule has 0 radical (unpaired) electrons. The van der Waals surface area contributed by atoms with E-state index in [1.54, 1.807) is 0 Å². The third-order valence-corrected chi connectivity index (χ3v) is 10.7. The zero-order valence-electron chi connectivity index (χ0n) is 21.3. The lowest BCUT2D eigenvalue weighted by Gasteiger charge is -2.59. The highest BCUT2D eigenvalue weighted by atomic mass is 14.9. The average Bonchev–Trinajstić information content (AvgIpc) is 2.83. The lowest BCUT2D eigenvalue weighted by atomic mass is 9.45. The highest BCUT2D eigenvalue weighted by Gasteiger charge is 2.57. The van der Waals surface area contributed by atoms with Gasteiger partial charge in [0, 0.05) is 23.2 Å². The number of hydrogen-bond donors (Lipinski definition) is 0. The predicted molar refractivity (Wildman–Crippen MR) is 137 cm³/mol. The van der Waals surface area contributed by atoms with Gasteiger partial charge < -0.3 is 0 Å². The third-order valence-electron chi connectivity index (χ3n) is 10.7. The monoisotopic (exact) mass is 449 g/mol. The predicted octanol–water partition coefficient (Wildman–Crippen LogP) is 7.70. The molecule has 2 saturated carbocycles. The molecule has 0 spiro atoms. The lowest BCUT2D eigenvalue weighted by Crippen LogP contribution is -2.50. The Morgan fingerprint density at radius 1 is 0.588 bits per heavy atom. The molecule has 9 rings (SSSR count). The van der Waals surface area contributed by atoms with E-state index in [-0.39, 0.29) is 0 Å². The van der Waals surface area contributed by atoms with E-state index in [1.807, 2.05) is 0 Å². The van der Waals surface area contributed by atoms with Crippen LogP contribution in [0.5, 0.6) is 0 Å². The SMILES string of the molecule is C[C@H]1c2nc(-c3cccc(-c4ccc5c(n4)[C@H](C)[C@@H]4C[C@H]5C4(C)C)n3)ccc2[C@H]2C[C@@H]1C2(C)C. The van der Waals surface area contributed by atoms with Gasteiger partial charge >= 0.3 is 0 Å². The Bertz CT molecular complexity index is 1240. The van der Waals surface area contributed by atoms with Crippen LogP contribution in [-0.2, 0) is 0 Å². The first-order chi connectivity index (χ1) is 16.2. The second-order valence-electron chi connectivity index (χ2n) is 12.8. The molecule has 0 N–H and O–H groups in total. The molecule has 2 fully saturated rings. The second kappa shape index (κ2) is 6.56. The molecule has 3 heterocycles. The average molecular weight is 450 g/mol. The van der Waals surface area contributed by atoms with Crippen LogP contribution in [-0.4, -0.2) is 15.0 Å². The van der Waals surface area contributed by atoms with Crippen LogP contribution in [0.4, 0.5) is 0 Å². The first kappa shape index (κ1) is 20.8. The van der Waals surface area contributed by atoms with Gasteiger partial charge in [-0.1, -0.05) is 59.7 Å². The number of pyridine rings is 3. The van der Waals surface area contributed by atoms with Crippen molar-refractivity contribution in [2.75, 3.05) is 0 Å². The van der Waals surface area contributed by atoms with E-state index >= 15 is 0 Å². The molecule has 3 aromatic heterocycles. The Morgan fingerprint density at radius 2 is 1.00 bits per heavy atom. The van der Waals surface area contributed by atoms with Gasteiger partial charge in [0.2, 0.25) is 0 Å². The lowest BCUT2D eigenvalue weighted by molar-refractivity contribution is -0.00275. The summed E-state index contributed by atoms with van der Waals surface area (Å²) in [5.74, 6) is 3.81. The van der Waals surface area contributed by atoms with Crippen molar-refractivity contribution in [3.8, 4) is 22.8 Å². The van der Waals surface area contributed by atoms with Crippen LogP contribution in [0.3, 0.4) is 0 Å². The molecule has 3 aromatic rings. The fraction of sp³-hybridized carbons (Fsp3) is 0.516. The maximum atomic E-state index is 5.18. The molecular formula is C31H35N3. The van der Waals surface area contributed by atoms with Gasteiger partial charge in [-0.15, -0.1) is 0 Å². The summed E-state index contributed by atoms with van der Waals surface area (Å²) in [7, 11) is 0. The van der Waals surface area contributed by atoms with Gasteiger partial charge in [-0.3, -0.25) is 9.97 Å². The summed E-state index contributed by atoms with van der Waals surface area (Å²) < 4.78 is 0. The Balaban J connectivity index is 1.25. The Labute approximate surface area is 203 Å². The molecule has 6 aliphatic rings. The van der Waals surface area contributed by atoms with Crippen molar-refractivity contribution in [1.29, 1.82) is 0 Å².